The molecule has 11 heteroatoms. The lowest BCUT2D eigenvalue weighted by molar-refractivity contribution is -0.212. The summed E-state index contributed by atoms with van der Waals surface area (Å²) >= 11 is 1.61. The molecule has 0 atom stereocenters. The average Bonchev–Trinajstić information content (AvgIpc) is 3.63. The van der Waals surface area contributed by atoms with Crippen LogP contribution in [0.25, 0.3) is 28.2 Å². The lowest BCUT2D eigenvalue weighted by Gasteiger charge is -2.35. The minimum atomic E-state index is -4.51. The van der Waals surface area contributed by atoms with Crippen LogP contribution >= 0.6 is 11.8 Å². The van der Waals surface area contributed by atoms with E-state index in [4.69, 9.17) is 9.47 Å². The predicted molar refractivity (Wildman–Crippen MR) is 181 cm³/mol. The van der Waals surface area contributed by atoms with Gasteiger partial charge in [-0.3, -0.25) is 4.57 Å². The molecule has 250 valence electrons. The number of thioether (sulfide) groups is 1. The van der Waals surface area contributed by atoms with E-state index in [-0.39, 0.29) is 6.54 Å². The number of ether oxygens (including phenoxy) is 2. The van der Waals surface area contributed by atoms with Crippen molar-refractivity contribution in [2.24, 2.45) is 0 Å². The quantitative estimate of drug-likeness (QED) is 0.0717. The fourth-order valence-electron chi connectivity index (χ4n) is 6.65. The second-order valence-corrected chi connectivity index (χ2v) is 12.9. The molecule has 0 saturated carbocycles. The monoisotopic (exact) mass is 674 g/mol. The van der Waals surface area contributed by atoms with Gasteiger partial charge >= 0.3 is 6.18 Å². The van der Waals surface area contributed by atoms with Crippen LogP contribution in [0.4, 0.5) is 13.2 Å². The number of aromatic nitrogens is 3. The maximum absolute atomic E-state index is 13.3. The van der Waals surface area contributed by atoms with Crippen molar-refractivity contribution < 1.29 is 27.9 Å². The van der Waals surface area contributed by atoms with Crippen molar-refractivity contribution in [2.75, 3.05) is 33.1 Å². The van der Waals surface area contributed by atoms with Gasteiger partial charge in [-0.15, -0.1) is 10.2 Å². The van der Waals surface area contributed by atoms with Crippen LogP contribution in [-0.4, -0.2) is 64.3 Å². The van der Waals surface area contributed by atoms with Crippen LogP contribution < -0.4 is 9.47 Å². The van der Waals surface area contributed by atoms with Crippen LogP contribution in [-0.2, 0) is 5.41 Å². The second kappa shape index (κ2) is 14.4. The summed E-state index contributed by atoms with van der Waals surface area (Å²) in [5.74, 6) is 2.93. The molecule has 1 aliphatic rings. The first-order valence-corrected chi connectivity index (χ1v) is 16.8. The lowest BCUT2D eigenvalue weighted by atomic mass is 9.74. The summed E-state index contributed by atoms with van der Waals surface area (Å²) in [4.78, 5) is 0. The van der Waals surface area contributed by atoms with Gasteiger partial charge < -0.3 is 14.7 Å². The Balaban J connectivity index is 1.18. The Morgan fingerprint density at radius 1 is 0.792 bits per heavy atom. The zero-order chi connectivity index (χ0) is 33.7. The molecule has 0 saturated heterocycles. The van der Waals surface area contributed by atoms with E-state index in [9.17, 15) is 18.4 Å². The van der Waals surface area contributed by atoms with Crippen LogP contribution in [0.1, 0.15) is 36.8 Å². The highest BCUT2D eigenvalue weighted by Crippen LogP contribution is 2.52. The summed E-state index contributed by atoms with van der Waals surface area (Å²) in [6, 6.07) is 31.1. The van der Waals surface area contributed by atoms with Crippen molar-refractivity contribution in [3.05, 3.63) is 108 Å². The number of methoxy groups -OCH3 is 2. The zero-order valence-electron chi connectivity index (χ0n) is 26.8. The minimum absolute atomic E-state index is 0.146. The molecule has 1 aromatic heterocycles. The van der Waals surface area contributed by atoms with Crippen molar-refractivity contribution in [2.45, 2.75) is 42.4 Å². The number of alkyl halides is 3. The highest BCUT2D eigenvalue weighted by molar-refractivity contribution is 7.99. The molecule has 0 aliphatic heterocycles. The SMILES string of the molecule is COc1ccc(-c2nnc(SCCCCCC3(CN(O)CC(F)(F)F)c4ccccc4-c4ccccc43)n2-c2cccc(OC)c2)cc1. The summed E-state index contributed by atoms with van der Waals surface area (Å²) in [5, 5.41) is 20.8. The Kier molecular flexibility index (Phi) is 10.1. The zero-order valence-corrected chi connectivity index (χ0v) is 27.6. The maximum atomic E-state index is 13.3. The number of rotatable bonds is 14. The molecule has 1 aliphatic carbocycles. The first-order chi connectivity index (χ1) is 23.2. The van der Waals surface area contributed by atoms with Crippen molar-refractivity contribution >= 4 is 11.8 Å². The average molecular weight is 675 g/mol. The van der Waals surface area contributed by atoms with Gasteiger partial charge in [-0.25, -0.2) is 0 Å². The molecule has 0 amide bonds. The Morgan fingerprint density at radius 2 is 1.46 bits per heavy atom. The van der Waals surface area contributed by atoms with Gasteiger partial charge in [0.15, 0.2) is 11.0 Å². The number of hydrogen-bond donors (Lipinski definition) is 1. The summed E-state index contributed by atoms with van der Waals surface area (Å²) < 4.78 is 52.7. The van der Waals surface area contributed by atoms with Gasteiger partial charge in [-0.1, -0.05) is 79.2 Å². The van der Waals surface area contributed by atoms with Crippen LogP contribution in [0.15, 0.2) is 102 Å². The van der Waals surface area contributed by atoms with Gasteiger partial charge in [-0.05, 0) is 71.5 Å². The molecular formula is C37H37F3N4O3S. The third kappa shape index (κ3) is 7.08. The number of benzene rings is 4. The number of halogens is 3. The molecular weight excluding hydrogens is 637 g/mol. The molecule has 5 aromatic rings. The smallest absolute Gasteiger partial charge is 0.403 e. The van der Waals surface area contributed by atoms with Gasteiger partial charge in [0.2, 0.25) is 0 Å². The third-order valence-electron chi connectivity index (χ3n) is 8.76. The molecule has 7 nitrogen and oxygen atoms in total. The van der Waals surface area contributed by atoms with Gasteiger partial charge in [0.25, 0.3) is 0 Å². The predicted octanol–water partition coefficient (Wildman–Crippen LogP) is 8.82. The molecule has 0 unspecified atom stereocenters. The molecule has 0 bridgehead atoms. The molecule has 1 heterocycles. The molecule has 48 heavy (non-hydrogen) atoms. The minimum Gasteiger partial charge on any atom is -0.497 e. The van der Waals surface area contributed by atoms with Crippen LogP contribution in [0.3, 0.4) is 0 Å². The summed E-state index contributed by atoms with van der Waals surface area (Å²) in [6.07, 6.45) is -1.44. The van der Waals surface area contributed by atoms with Gasteiger partial charge in [0, 0.05) is 29.3 Å². The Hall–Kier alpha value is -4.32. The Morgan fingerprint density at radius 3 is 2.10 bits per heavy atom. The van der Waals surface area contributed by atoms with Crippen molar-refractivity contribution in [1.82, 2.24) is 19.8 Å². The van der Waals surface area contributed by atoms with E-state index in [1.165, 1.54) is 0 Å². The topological polar surface area (TPSA) is 72.6 Å². The molecule has 0 spiro atoms. The van der Waals surface area contributed by atoms with Crippen molar-refractivity contribution in [3.8, 4) is 39.7 Å². The fourth-order valence-corrected chi connectivity index (χ4v) is 7.60. The number of unbranched alkanes of at least 4 members (excludes halogenated alkanes) is 2. The standard InChI is InChI=1S/C37H37F3N4O3S/c1-46-28-19-17-26(18-20-28)34-41-42-35(44(34)27-11-10-12-29(23-27)47-2)48-22-9-3-8-21-36(24-43(45)25-37(38,39)40)32-15-6-4-13-30(32)31-14-5-7-16-33(31)36/h4-7,10-20,23,45H,3,8-9,21-22,24-25H2,1-2H3. The fraction of sp³-hybridized carbons (Fsp3) is 0.297. The van der Waals surface area contributed by atoms with E-state index in [1.807, 2.05) is 102 Å². The first kappa shape index (κ1) is 33.6. The Bertz CT molecular complexity index is 1800. The van der Waals surface area contributed by atoms with Crippen LogP contribution in [0.5, 0.6) is 11.5 Å². The first-order valence-electron chi connectivity index (χ1n) is 15.8. The lowest BCUT2D eigenvalue weighted by Crippen LogP contribution is -2.43. The van der Waals surface area contributed by atoms with E-state index < -0.39 is 18.1 Å². The van der Waals surface area contributed by atoms with E-state index in [0.29, 0.717) is 17.3 Å². The molecule has 0 fully saturated rings. The number of nitrogens with zero attached hydrogens (tertiary/aromatic N) is 4. The molecule has 4 aromatic carbocycles. The summed E-state index contributed by atoms with van der Waals surface area (Å²) in [5.41, 5.74) is 4.94. The van der Waals surface area contributed by atoms with Gasteiger partial charge in [0.1, 0.15) is 18.0 Å². The largest absolute Gasteiger partial charge is 0.497 e. The van der Waals surface area contributed by atoms with Crippen LogP contribution in [0.2, 0.25) is 0 Å². The maximum Gasteiger partial charge on any atom is 0.403 e. The summed E-state index contributed by atoms with van der Waals surface area (Å²) in [6.45, 7) is -1.53. The highest BCUT2D eigenvalue weighted by atomic mass is 32.2. The molecule has 1 N–H and O–H groups in total. The van der Waals surface area contributed by atoms with Gasteiger partial charge in [-0.2, -0.15) is 18.2 Å². The normalized spacial score (nSPS) is 13.4. The van der Waals surface area contributed by atoms with Crippen LogP contribution in [0, 0.1) is 0 Å². The molecule has 0 radical (unpaired) electrons. The summed E-state index contributed by atoms with van der Waals surface area (Å²) in [7, 11) is 3.26. The van der Waals surface area contributed by atoms with E-state index in [1.54, 1.807) is 26.0 Å². The van der Waals surface area contributed by atoms with E-state index in [2.05, 4.69) is 10.2 Å². The number of hydrogen-bond acceptors (Lipinski definition) is 7. The number of fused-ring (bicyclic) bond motifs is 3. The van der Waals surface area contributed by atoms with E-state index >= 15 is 0 Å². The van der Waals surface area contributed by atoms with Crippen molar-refractivity contribution in [3.63, 3.8) is 0 Å². The van der Waals surface area contributed by atoms with E-state index in [0.717, 1.165) is 75.2 Å². The van der Waals surface area contributed by atoms with Crippen molar-refractivity contribution in [1.29, 1.82) is 0 Å². The second-order valence-electron chi connectivity index (χ2n) is 11.8. The highest BCUT2D eigenvalue weighted by Gasteiger charge is 2.45. The third-order valence-corrected chi connectivity index (χ3v) is 9.78. The molecule has 6 rings (SSSR count). The Labute approximate surface area is 282 Å². The van der Waals surface area contributed by atoms with Gasteiger partial charge in [0.05, 0.1) is 19.9 Å². The number of hydroxylamine groups is 2.